The molecule has 0 bridgehead atoms. The molecule has 1 heterocycles. The molecule has 0 aliphatic carbocycles. The lowest BCUT2D eigenvalue weighted by Crippen LogP contribution is -2.32. The second kappa shape index (κ2) is 9.65. The summed E-state index contributed by atoms with van der Waals surface area (Å²) in [5, 5.41) is 20.3. The maximum Gasteiger partial charge on any atom is 0.320 e. The number of phenolic OH excluding ortho intramolecular Hbond substituents is 1. The first-order valence-electron chi connectivity index (χ1n) is 10.2. The summed E-state index contributed by atoms with van der Waals surface area (Å²) < 4.78 is 32.6. The van der Waals surface area contributed by atoms with E-state index < -0.39 is 21.8 Å². The zero-order valence-corrected chi connectivity index (χ0v) is 22.2. The van der Waals surface area contributed by atoms with Gasteiger partial charge in [0.15, 0.2) is 0 Å². The number of carboxylic acids is 1. The van der Waals surface area contributed by atoms with Crippen LogP contribution >= 0.6 is 31.9 Å². The number of phenols is 1. The largest absolute Gasteiger partial charge is 0.506 e. The Balaban J connectivity index is 1.89. The van der Waals surface area contributed by atoms with Crippen molar-refractivity contribution >= 4 is 58.6 Å². The van der Waals surface area contributed by atoms with Crippen LogP contribution in [0.1, 0.15) is 5.56 Å². The molecule has 0 amide bonds. The number of aromatic nitrogens is 1. The highest BCUT2D eigenvalue weighted by Crippen LogP contribution is 2.44. The molecule has 1 atom stereocenters. The van der Waals surface area contributed by atoms with E-state index in [2.05, 4.69) is 36.8 Å². The molecule has 0 spiro atoms. The Morgan fingerprint density at radius 2 is 1.83 bits per heavy atom. The van der Waals surface area contributed by atoms with E-state index in [9.17, 15) is 23.4 Å². The third-order valence-electron chi connectivity index (χ3n) is 5.62. The van der Waals surface area contributed by atoms with Crippen molar-refractivity contribution in [3.8, 4) is 22.6 Å². The molecule has 0 saturated heterocycles. The Hall–Kier alpha value is -2.86. The second-order valence-corrected chi connectivity index (χ2v) is 11.4. The quantitative estimate of drug-likeness (QED) is 0.230. The maximum atomic E-state index is 13.4. The zero-order chi connectivity index (χ0) is 25.5. The number of methoxy groups -OCH3 is 1. The summed E-state index contributed by atoms with van der Waals surface area (Å²) >= 11 is 6.68. The third-order valence-corrected chi connectivity index (χ3v) is 8.81. The molecule has 0 unspecified atom stereocenters. The van der Waals surface area contributed by atoms with Crippen molar-refractivity contribution in [2.75, 3.05) is 7.11 Å². The fourth-order valence-electron chi connectivity index (χ4n) is 3.81. The van der Waals surface area contributed by atoms with E-state index in [1.54, 1.807) is 36.4 Å². The van der Waals surface area contributed by atoms with Crippen molar-refractivity contribution in [3.05, 3.63) is 69.2 Å². The van der Waals surface area contributed by atoms with Crippen molar-refractivity contribution in [1.29, 1.82) is 0 Å². The van der Waals surface area contributed by atoms with Crippen molar-refractivity contribution in [1.82, 2.24) is 4.98 Å². The molecule has 1 aromatic heterocycles. The molecule has 8 nitrogen and oxygen atoms in total. The van der Waals surface area contributed by atoms with Crippen LogP contribution in [0.3, 0.4) is 0 Å². The molecule has 0 radical (unpaired) electrons. The van der Waals surface area contributed by atoms with Crippen LogP contribution in [0.5, 0.6) is 11.5 Å². The molecule has 0 aliphatic heterocycles. The number of hydrogen-bond donors (Lipinski definition) is 4. The highest BCUT2D eigenvalue weighted by atomic mass is 79.9. The molecule has 4 aromatic rings. The number of nitrogens with one attached hydrogen (secondary N) is 1. The molecule has 11 heteroatoms. The summed E-state index contributed by atoms with van der Waals surface area (Å²) in [6.45, 7) is 0. The number of carboxylic acid groups (broad SMARTS) is 1. The molecule has 3 aromatic carbocycles. The smallest absolute Gasteiger partial charge is 0.320 e. The van der Waals surface area contributed by atoms with E-state index in [4.69, 9.17) is 10.5 Å². The van der Waals surface area contributed by atoms with Crippen molar-refractivity contribution in [2.24, 2.45) is 5.73 Å². The Kier molecular flexibility index (Phi) is 6.96. The van der Waals surface area contributed by atoms with Gasteiger partial charge in [-0.3, -0.25) is 4.79 Å². The molecule has 182 valence electrons. The SMILES string of the molecule is COc1ccc(S(=O)(=O)c2c[nH]c3ccc(-c4c(C[C@H](N)C(=O)O)cc(Br)c(O)c4Br)cc23)cc1. The van der Waals surface area contributed by atoms with Gasteiger partial charge < -0.3 is 25.7 Å². The number of nitrogens with two attached hydrogens (primary N) is 1. The average molecular weight is 624 g/mol. The van der Waals surface area contributed by atoms with E-state index in [1.165, 1.54) is 25.4 Å². The van der Waals surface area contributed by atoms with E-state index in [1.807, 2.05) is 0 Å². The van der Waals surface area contributed by atoms with Crippen molar-refractivity contribution in [2.45, 2.75) is 22.3 Å². The summed E-state index contributed by atoms with van der Waals surface area (Å²) in [5.74, 6) is -0.699. The van der Waals surface area contributed by atoms with E-state index in [0.717, 1.165) is 0 Å². The predicted molar refractivity (Wildman–Crippen MR) is 139 cm³/mol. The summed E-state index contributed by atoms with van der Waals surface area (Å²) in [5.41, 5.74) is 8.04. The number of aromatic hydroxyl groups is 1. The fraction of sp³-hybridized carbons (Fsp3) is 0.125. The number of carbonyl (C=O) groups is 1. The first kappa shape index (κ1) is 25.2. The maximum absolute atomic E-state index is 13.4. The Morgan fingerprint density at radius 1 is 1.14 bits per heavy atom. The molecular weight excluding hydrogens is 604 g/mol. The normalized spacial score (nSPS) is 12.6. The fourth-order valence-corrected chi connectivity index (χ4v) is 6.67. The molecule has 0 saturated carbocycles. The van der Waals surface area contributed by atoms with Gasteiger partial charge in [-0.25, -0.2) is 8.42 Å². The van der Waals surface area contributed by atoms with Gasteiger partial charge in [-0.1, -0.05) is 6.07 Å². The number of fused-ring (bicyclic) bond motifs is 1. The number of rotatable bonds is 7. The van der Waals surface area contributed by atoms with Gasteiger partial charge in [-0.2, -0.15) is 0 Å². The number of aromatic amines is 1. The molecule has 35 heavy (non-hydrogen) atoms. The van der Waals surface area contributed by atoms with Gasteiger partial charge in [0.1, 0.15) is 17.5 Å². The van der Waals surface area contributed by atoms with Crippen LogP contribution < -0.4 is 10.5 Å². The molecule has 0 fully saturated rings. The first-order valence-corrected chi connectivity index (χ1v) is 13.3. The lowest BCUT2D eigenvalue weighted by atomic mass is 9.94. The third kappa shape index (κ3) is 4.68. The van der Waals surface area contributed by atoms with Crippen LogP contribution in [0.15, 0.2) is 73.5 Å². The number of hydrogen-bond acceptors (Lipinski definition) is 6. The number of ether oxygens (including phenoxy) is 1. The number of benzene rings is 3. The minimum absolute atomic E-state index is 0.00960. The van der Waals surface area contributed by atoms with Crippen LogP contribution in [-0.4, -0.2) is 42.7 Å². The van der Waals surface area contributed by atoms with E-state index >= 15 is 0 Å². The lowest BCUT2D eigenvalue weighted by molar-refractivity contribution is -0.138. The summed E-state index contributed by atoms with van der Waals surface area (Å²) in [6.07, 6.45) is 1.42. The molecular formula is C24H20Br2N2O6S. The summed E-state index contributed by atoms with van der Waals surface area (Å²) in [6, 6.07) is 11.7. The van der Waals surface area contributed by atoms with Crippen molar-refractivity contribution in [3.63, 3.8) is 0 Å². The van der Waals surface area contributed by atoms with Gasteiger partial charge in [0, 0.05) is 22.7 Å². The minimum atomic E-state index is -3.86. The zero-order valence-electron chi connectivity index (χ0n) is 18.2. The molecule has 5 N–H and O–H groups in total. The van der Waals surface area contributed by atoms with Gasteiger partial charge in [0.05, 0.1) is 25.8 Å². The van der Waals surface area contributed by atoms with E-state index in [0.29, 0.717) is 42.3 Å². The number of halogens is 2. The van der Waals surface area contributed by atoms with Gasteiger partial charge in [0.2, 0.25) is 9.84 Å². The van der Waals surface area contributed by atoms with Crippen LogP contribution in [0.25, 0.3) is 22.0 Å². The van der Waals surface area contributed by atoms with Gasteiger partial charge in [0.25, 0.3) is 0 Å². The number of aliphatic carboxylic acids is 1. The standard InChI is InChI=1S/C24H20Br2N2O6S/c1-34-14-3-5-15(6-4-14)35(32,33)20-11-28-19-7-2-12(8-16(19)20)21-13(10-18(27)24(30)31)9-17(25)23(29)22(21)26/h2-9,11,18,28-29H,10,27H2,1H3,(H,30,31)/t18-/m0/s1. The Morgan fingerprint density at radius 3 is 2.46 bits per heavy atom. The molecule has 4 rings (SSSR count). The number of H-pyrrole nitrogens is 1. The Labute approximate surface area is 217 Å². The average Bonchev–Trinajstić information content (AvgIpc) is 3.27. The summed E-state index contributed by atoms with van der Waals surface area (Å²) in [4.78, 5) is 14.6. The van der Waals surface area contributed by atoms with Crippen LogP contribution in [-0.2, 0) is 21.1 Å². The van der Waals surface area contributed by atoms with Gasteiger partial charge in [-0.05, 0) is 91.9 Å². The van der Waals surface area contributed by atoms with Crippen LogP contribution in [0, 0.1) is 0 Å². The predicted octanol–water partition coefficient (Wildman–Crippen LogP) is 4.86. The van der Waals surface area contributed by atoms with E-state index in [-0.39, 0.29) is 22.0 Å². The number of sulfone groups is 1. The summed E-state index contributed by atoms with van der Waals surface area (Å²) in [7, 11) is -2.36. The minimum Gasteiger partial charge on any atom is -0.506 e. The lowest BCUT2D eigenvalue weighted by Gasteiger charge is -2.17. The highest BCUT2D eigenvalue weighted by Gasteiger charge is 2.24. The Bertz CT molecular complexity index is 1550. The van der Waals surface area contributed by atoms with Crippen LogP contribution in [0.4, 0.5) is 0 Å². The second-order valence-electron chi connectivity index (χ2n) is 7.80. The highest BCUT2D eigenvalue weighted by molar-refractivity contribution is 9.11. The topological polar surface area (TPSA) is 143 Å². The monoisotopic (exact) mass is 622 g/mol. The van der Waals surface area contributed by atoms with Crippen molar-refractivity contribution < 1.29 is 28.2 Å². The first-order chi connectivity index (χ1) is 16.5. The van der Waals surface area contributed by atoms with Gasteiger partial charge in [-0.15, -0.1) is 0 Å². The van der Waals surface area contributed by atoms with Crippen LogP contribution in [0.2, 0.25) is 0 Å². The molecule has 0 aliphatic rings. The van der Waals surface area contributed by atoms with Gasteiger partial charge >= 0.3 is 5.97 Å².